The van der Waals surface area contributed by atoms with Crippen molar-refractivity contribution >= 4 is 5.91 Å². The third-order valence-corrected chi connectivity index (χ3v) is 2.24. The largest absolute Gasteiger partial charge is 0.381 e. The molecule has 1 heterocycles. The monoisotopic (exact) mass is 196 g/mol. The van der Waals surface area contributed by atoms with Gasteiger partial charge in [0.25, 0.3) is 0 Å². The van der Waals surface area contributed by atoms with Crippen LogP contribution in [0.25, 0.3) is 0 Å². The Balaban J connectivity index is 2.28. The summed E-state index contributed by atoms with van der Waals surface area (Å²) in [6, 6.07) is -0.386. The molecule has 1 fully saturated rings. The van der Waals surface area contributed by atoms with Gasteiger partial charge in [0.1, 0.15) is 0 Å². The number of carbonyl (C=O) groups excluding carboxylic acids is 1. The van der Waals surface area contributed by atoms with Crippen molar-refractivity contribution in [3.05, 3.63) is 0 Å². The lowest BCUT2D eigenvalue weighted by Crippen LogP contribution is -2.46. The smallest absolute Gasteiger partial charge is 0.238 e. The predicted octanol–water partition coefficient (Wildman–Crippen LogP) is -0.368. The average molecular weight is 196 g/mol. The summed E-state index contributed by atoms with van der Waals surface area (Å²) in [7, 11) is 0. The van der Waals surface area contributed by atoms with Gasteiger partial charge in [-0.2, -0.15) is 0 Å². The fraction of sp³-hybridized carbons (Fsp3) is 0.700. The molecule has 0 bridgehead atoms. The number of carbonyl (C=O) groups is 1. The highest BCUT2D eigenvalue weighted by atomic mass is 16.5. The number of amides is 1. The fourth-order valence-corrected chi connectivity index (χ4v) is 1.37. The van der Waals surface area contributed by atoms with Crippen molar-refractivity contribution in [2.75, 3.05) is 13.2 Å². The quantitative estimate of drug-likeness (QED) is 0.605. The molecule has 0 aromatic heterocycles. The van der Waals surface area contributed by atoms with E-state index >= 15 is 0 Å². The van der Waals surface area contributed by atoms with Gasteiger partial charge in [-0.05, 0) is 12.8 Å². The van der Waals surface area contributed by atoms with E-state index in [1.165, 1.54) is 0 Å². The molecule has 4 heteroatoms. The molecule has 1 unspecified atom stereocenters. The molecule has 78 valence electrons. The van der Waals surface area contributed by atoms with Crippen LogP contribution in [0.5, 0.6) is 0 Å². The highest BCUT2D eigenvalue weighted by Gasteiger charge is 2.19. The van der Waals surface area contributed by atoms with Crippen LogP contribution in [-0.2, 0) is 9.53 Å². The van der Waals surface area contributed by atoms with Gasteiger partial charge in [0.05, 0.1) is 6.04 Å². The lowest BCUT2D eigenvalue weighted by atomic mass is 10.1. The zero-order valence-electron chi connectivity index (χ0n) is 8.16. The van der Waals surface area contributed by atoms with Crippen LogP contribution in [0, 0.1) is 12.3 Å². The zero-order valence-corrected chi connectivity index (χ0v) is 8.16. The summed E-state index contributed by atoms with van der Waals surface area (Å²) >= 11 is 0. The molecule has 4 nitrogen and oxygen atoms in total. The molecule has 0 radical (unpaired) electrons. The van der Waals surface area contributed by atoms with Crippen LogP contribution in [-0.4, -0.2) is 31.2 Å². The molecule has 14 heavy (non-hydrogen) atoms. The van der Waals surface area contributed by atoms with Crippen molar-refractivity contribution in [1.29, 1.82) is 0 Å². The van der Waals surface area contributed by atoms with Gasteiger partial charge in [-0.15, -0.1) is 12.3 Å². The van der Waals surface area contributed by atoms with E-state index < -0.39 is 6.04 Å². The zero-order chi connectivity index (χ0) is 10.4. The topological polar surface area (TPSA) is 64.4 Å². The Labute approximate surface area is 84.2 Å². The number of nitrogens with one attached hydrogen (secondary N) is 1. The minimum atomic E-state index is -0.581. The molecule has 1 rings (SSSR count). The van der Waals surface area contributed by atoms with Gasteiger partial charge in [0.15, 0.2) is 0 Å². The summed E-state index contributed by atoms with van der Waals surface area (Å²) in [6.07, 6.45) is 7.07. The number of ether oxygens (including phenoxy) is 1. The predicted molar refractivity (Wildman–Crippen MR) is 53.4 cm³/mol. The first kappa shape index (κ1) is 11.0. The molecule has 1 amide bonds. The molecular formula is C10H16N2O2. The summed E-state index contributed by atoms with van der Waals surface area (Å²) < 4.78 is 5.17. The molecule has 0 aromatic rings. The van der Waals surface area contributed by atoms with Gasteiger partial charge in [0, 0.05) is 25.7 Å². The molecule has 1 saturated heterocycles. The van der Waals surface area contributed by atoms with Gasteiger partial charge in [-0.1, -0.05) is 0 Å². The maximum absolute atomic E-state index is 11.4. The SMILES string of the molecule is C#CCC(N)C(=O)NC1CCOCC1. The van der Waals surface area contributed by atoms with E-state index in [1.807, 2.05) is 0 Å². The first-order chi connectivity index (χ1) is 6.74. The molecule has 0 spiro atoms. The van der Waals surface area contributed by atoms with Gasteiger partial charge >= 0.3 is 0 Å². The molecule has 1 aliphatic heterocycles. The number of hydrogen-bond donors (Lipinski definition) is 2. The molecule has 0 saturated carbocycles. The number of terminal acetylenes is 1. The summed E-state index contributed by atoms with van der Waals surface area (Å²) in [6.45, 7) is 1.41. The van der Waals surface area contributed by atoms with Crippen LogP contribution in [0.4, 0.5) is 0 Å². The fourth-order valence-electron chi connectivity index (χ4n) is 1.37. The minimum Gasteiger partial charge on any atom is -0.381 e. The van der Waals surface area contributed by atoms with E-state index in [9.17, 15) is 4.79 Å². The highest BCUT2D eigenvalue weighted by Crippen LogP contribution is 2.06. The van der Waals surface area contributed by atoms with Gasteiger partial charge in [-0.3, -0.25) is 4.79 Å². The maximum Gasteiger partial charge on any atom is 0.238 e. The van der Waals surface area contributed by atoms with Crippen LogP contribution in [0.2, 0.25) is 0 Å². The molecule has 0 aromatic carbocycles. The van der Waals surface area contributed by atoms with Crippen LogP contribution in [0.3, 0.4) is 0 Å². The third-order valence-electron chi connectivity index (χ3n) is 2.24. The maximum atomic E-state index is 11.4. The molecular weight excluding hydrogens is 180 g/mol. The standard InChI is InChI=1S/C10H16N2O2/c1-2-3-9(11)10(13)12-8-4-6-14-7-5-8/h1,8-9H,3-7,11H2,(H,12,13). The lowest BCUT2D eigenvalue weighted by molar-refractivity contribution is -0.123. The lowest BCUT2D eigenvalue weighted by Gasteiger charge is -2.24. The van der Waals surface area contributed by atoms with Crippen molar-refractivity contribution in [2.24, 2.45) is 5.73 Å². The van der Waals surface area contributed by atoms with Crippen LogP contribution < -0.4 is 11.1 Å². The summed E-state index contributed by atoms with van der Waals surface area (Å²) in [5, 5.41) is 2.86. The highest BCUT2D eigenvalue weighted by molar-refractivity contribution is 5.82. The number of rotatable bonds is 3. The van der Waals surface area contributed by atoms with Gasteiger partial charge < -0.3 is 15.8 Å². The summed E-state index contributed by atoms with van der Waals surface area (Å²) in [5.41, 5.74) is 5.56. The molecule has 1 aliphatic rings. The van der Waals surface area contributed by atoms with E-state index in [1.54, 1.807) is 0 Å². The molecule has 1 atom stereocenters. The van der Waals surface area contributed by atoms with Crippen LogP contribution in [0.15, 0.2) is 0 Å². The Morgan fingerprint density at radius 3 is 2.86 bits per heavy atom. The van der Waals surface area contributed by atoms with E-state index in [-0.39, 0.29) is 18.4 Å². The second kappa shape index (κ2) is 5.63. The number of nitrogens with two attached hydrogens (primary N) is 1. The van der Waals surface area contributed by atoms with Crippen molar-refractivity contribution in [2.45, 2.75) is 31.3 Å². The Hall–Kier alpha value is -1.05. The third kappa shape index (κ3) is 3.36. The minimum absolute atomic E-state index is 0.158. The van der Waals surface area contributed by atoms with Gasteiger partial charge in [0.2, 0.25) is 5.91 Å². The van der Waals surface area contributed by atoms with E-state index in [0.717, 1.165) is 12.8 Å². The van der Waals surface area contributed by atoms with Crippen LogP contribution in [0.1, 0.15) is 19.3 Å². The second-order valence-electron chi connectivity index (χ2n) is 3.41. The second-order valence-corrected chi connectivity index (χ2v) is 3.41. The van der Waals surface area contributed by atoms with Crippen molar-refractivity contribution in [3.8, 4) is 12.3 Å². The Morgan fingerprint density at radius 1 is 1.64 bits per heavy atom. The average Bonchev–Trinajstić information content (AvgIpc) is 2.19. The Kier molecular flexibility index (Phi) is 4.44. The van der Waals surface area contributed by atoms with Crippen molar-refractivity contribution < 1.29 is 9.53 Å². The normalized spacial score (nSPS) is 19.7. The summed E-state index contributed by atoms with van der Waals surface area (Å²) in [5.74, 6) is 2.22. The molecule has 3 N–H and O–H groups in total. The Morgan fingerprint density at radius 2 is 2.29 bits per heavy atom. The van der Waals surface area contributed by atoms with Gasteiger partial charge in [-0.25, -0.2) is 0 Å². The summed E-state index contributed by atoms with van der Waals surface area (Å²) in [4.78, 5) is 11.4. The van der Waals surface area contributed by atoms with Crippen molar-refractivity contribution in [3.63, 3.8) is 0 Å². The Bertz CT molecular complexity index is 229. The number of hydrogen-bond acceptors (Lipinski definition) is 3. The van der Waals surface area contributed by atoms with E-state index in [0.29, 0.717) is 13.2 Å². The first-order valence-electron chi connectivity index (χ1n) is 4.81. The van der Waals surface area contributed by atoms with Crippen molar-refractivity contribution in [1.82, 2.24) is 5.32 Å². The van der Waals surface area contributed by atoms with Crippen LogP contribution >= 0.6 is 0 Å². The molecule has 0 aliphatic carbocycles. The van der Waals surface area contributed by atoms with E-state index in [4.69, 9.17) is 16.9 Å². The van der Waals surface area contributed by atoms with E-state index in [2.05, 4.69) is 11.2 Å². The first-order valence-corrected chi connectivity index (χ1v) is 4.81.